The van der Waals surface area contributed by atoms with Crippen molar-refractivity contribution < 1.29 is 35.1 Å². The van der Waals surface area contributed by atoms with Crippen molar-refractivity contribution >= 4 is 50.0 Å². The van der Waals surface area contributed by atoms with Gasteiger partial charge in [-0.1, -0.05) is 26.0 Å². The second-order valence-corrected chi connectivity index (χ2v) is 17.9. The number of nitrogens with one attached hydrogen (secondary N) is 2. The Morgan fingerprint density at radius 2 is 1.90 bits per heavy atom. The molecule has 0 radical (unpaired) electrons. The number of hydrogen-bond donors (Lipinski definition) is 2. The molecule has 0 spiro atoms. The number of aryl methyl sites for hydroxylation is 1. The molecule has 0 unspecified atom stereocenters. The van der Waals surface area contributed by atoms with Crippen LogP contribution in [0.25, 0.3) is 21.6 Å². The Morgan fingerprint density at radius 3 is 2.62 bits per heavy atom. The average Bonchev–Trinajstić information content (AvgIpc) is 3.98. The van der Waals surface area contributed by atoms with E-state index in [1.54, 1.807) is 19.1 Å². The summed E-state index contributed by atoms with van der Waals surface area (Å²) >= 11 is 1.51. The third-order valence-corrected chi connectivity index (χ3v) is 13.7. The van der Waals surface area contributed by atoms with Crippen LogP contribution in [-0.2, 0) is 24.4 Å². The Morgan fingerprint density at radius 1 is 1.13 bits per heavy atom. The van der Waals surface area contributed by atoms with Crippen molar-refractivity contribution in [3.05, 3.63) is 47.0 Å². The molecule has 0 saturated heterocycles. The fraction of sp³-hybridized carbons (Fsp3) is 0.553. The molecule has 2 aromatic heterocycles. The zero-order valence-electron chi connectivity index (χ0n) is 30.3. The van der Waals surface area contributed by atoms with Crippen LogP contribution in [0.4, 0.5) is 0 Å². The van der Waals surface area contributed by atoms with Crippen molar-refractivity contribution in [1.29, 1.82) is 0 Å². The lowest BCUT2D eigenvalue weighted by atomic mass is 9.93. The van der Waals surface area contributed by atoms with E-state index in [0.717, 1.165) is 40.9 Å². The Labute approximate surface area is 311 Å². The Bertz CT molecular complexity index is 2050. The van der Waals surface area contributed by atoms with Crippen molar-refractivity contribution in [3.63, 3.8) is 0 Å². The third kappa shape index (κ3) is 7.03. The number of carbonyl (C=O) groups is 3. The van der Waals surface area contributed by atoms with Gasteiger partial charge in [0.15, 0.2) is 0 Å². The number of amides is 3. The molecule has 14 heteroatoms. The van der Waals surface area contributed by atoms with Crippen molar-refractivity contribution in [2.75, 3.05) is 20.7 Å². The zero-order chi connectivity index (χ0) is 36.9. The van der Waals surface area contributed by atoms with E-state index in [1.165, 1.54) is 11.3 Å². The Hall–Kier alpha value is -4.04. The van der Waals surface area contributed by atoms with E-state index in [4.69, 9.17) is 19.4 Å². The maximum absolute atomic E-state index is 14.3. The maximum Gasteiger partial charge on any atom is 0.259 e. The number of sulfonamides is 1. The van der Waals surface area contributed by atoms with E-state index < -0.39 is 50.6 Å². The summed E-state index contributed by atoms with van der Waals surface area (Å²) in [6.07, 6.45) is 7.61. The predicted octanol–water partition coefficient (Wildman–Crippen LogP) is 5.75. The molecule has 1 aliphatic heterocycles. The molecular weight excluding hydrogens is 703 g/mol. The number of thiazole rings is 1. The van der Waals surface area contributed by atoms with Crippen LogP contribution in [0.5, 0.6) is 11.5 Å². The van der Waals surface area contributed by atoms with Crippen LogP contribution in [0.3, 0.4) is 0 Å². The number of fused-ring (bicyclic) bond motifs is 3. The fourth-order valence-corrected chi connectivity index (χ4v) is 9.85. The fourth-order valence-electron chi connectivity index (χ4n) is 7.55. The summed E-state index contributed by atoms with van der Waals surface area (Å²) in [7, 11) is -0.445. The summed E-state index contributed by atoms with van der Waals surface area (Å²) in [6, 6.07) is 5.66. The van der Waals surface area contributed by atoms with Gasteiger partial charge in [-0.2, -0.15) is 0 Å². The third-order valence-electron chi connectivity index (χ3n) is 11.0. The summed E-state index contributed by atoms with van der Waals surface area (Å²) in [5, 5.41) is 5.95. The van der Waals surface area contributed by atoms with E-state index in [2.05, 4.69) is 23.9 Å². The minimum Gasteiger partial charge on any atom is -0.496 e. The standard InChI is InChI=1S/C38H47N5O7S2.2H2/c1-21(2)30-20-51-35(40-30)29-18-32(26-13-14-31(49-5)22(3)33(26)39-29)50-24-16-27-28(17-24)36(45)43(4)15-9-7-6-8-10-23-19-38(23,41-34(27)44)37(46)42-52(47,48)25-11-12-25;;/h8,10,13-14,18,20-21,23-25,27-28H,6-7,9,11-12,15-17,19H2,1-5H3,(H,41,44)(H,42,46);2*1H/b10-8-;;/t23-,24+,27+,28+,38-;;/m0../s1. The molecule has 2 N–H and O–H groups in total. The van der Waals surface area contributed by atoms with Gasteiger partial charge in [0, 0.05) is 44.8 Å². The molecule has 3 heterocycles. The monoisotopic (exact) mass is 753 g/mol. The summed E-state index contributed by atoms with van der Waals surface area (Å²) in [6.45, 7) is 6.69. The number of aromatic nitrogens is 2. The number of nitrogens with zero attached hydrogens (tertiary/aromatic N) is 3. The average molecular weight is 754 g/mol. The van der Waals surface area contributed by atoms with Crippen molar-refractivity contribution in [2.45, 2.75) is 94.9 Å². The largest absolute Gasteiger partial charge is 0.496 e. The van der Waals surface area contributed by atoms with Gasteiger partial charge in [-0.25, -0.2) is 18.4 Å². The zero-order valence-corrected chi connectivity index (χ0v) is 31.9. The lowest BCUT2D eigenvalue weighted by molar-refractivity contribution is -0.140. The van der Waals surface area contributed by atoms with Crippen LogP contribution in [0, 0.1) is 24.7 Å². The number of methoxy groups -OCH3 is 1. The maximum atomic E-state index is 14.3. The second-order valence-electron chi connectivity index (χ2n) is 15.1. The lowest BCUT2D eigenvalue weighted by Crippen LogP contribution is -2.54. The molecule has 0 bridgehead atoms. The highest BCUT2D eigenvalue weighted by atomic mass is 32.2. The molecule has 3 aliphatic carbocycles. The minimum absolute atomic E-state index is 0. The van der Waals surface area contributed by atoms with E-state index >= 15 is 0 Å². The first-order valence-electron chi connectivity index (χ1n) is 18.2. The quantitative estimate of drug-likeness (QED) is 0.274. The van der Waals surface area contributed by atoms with Gasteiger partial charge >= 0.3 is 0 Å². The van der Waals surface area contributed by atoms with Crippen LogP contribution in [0.2, 0.25) is 0 Å². The van der Waals surface area contributed by atoms with Gasteiger partial charge in [0.1, 0.15) is 33.8 Å². The number of allylic oxidation sites excluding steroid dienone is 1. The summed E-state index contributed by atoms with van der Waals surface area (Å²) in [5.74, 6) is -1.63. The first-order chi connectivity index (χ1) is 24.8. The molecule has 282 valence electrons. The molecule has 1 aromatic carbocycles. The van der Waals surface area contributed by atoms with Crippen molar-refractivity contribution in [1.82, 2.24) is 24.9 Å². The predicted molar refractivity (Wildman–Crippen MR) is 203 cm³/mol. The smallest absolute Gasteiger partial charge is 0.259 e. The van der Waals surface area contributed by atoms with E-state index in [9.17, 15) is 22.8 Å². The highest BCUT2D eigenvalue weighted by molar-refractivity contribution is 7.91. The van der Waals surface area contributed by atoms with E-state index in [-0.39, 0.29) is 33.4 Å². The molecule has 4 aliphatic rings. The van der Waals surface area contributed by atoms with Gasteiger partial charge in [0.2, 0.25) is 21.8 Å². The molecule has 52 heavy (non-hydrogen) atoms. The molecule has 3 fully saturated rings. The topological polar surface area (TPSA) is 157 Å². The van der Waals surface area contributed by atoms with Gasteiger partial charge in [-0.05, 0) is 76.3 Å². The van der Waals surface area contributed by atoms with Gasteiger partial charge < -0.3 is 19.7 Å². The van der Waals surface area contributed by atoms with Crippen LogP contribution < -0.4 is 19.5 Å². The molecule has 3 saturated carbocycles. The highest BCUT2D eigenvalue weighted by Gasteiger charge is 2.62. The van der Waals surface area contributed by atoms with Gasteiger partial charge in [0.05, 0.1) is 35.4 Å². The Balaban J connectivity index is 0.00000280. The lowest BCUT2D eigenvalue weighted by Gasteiger charge is -2.26. The van der Waals surface area contributed by atoms with Crippen molar-refractivity contribution in [2.24, 2.45) is 17.8 Å². The first-order valence-corrected chi connectivity index (χ1v) is 20.6. The van der Waals surface area contributed by atoms with E-state index in [0.29, 0.717) is 48.5 Å². The normalized spacial score (nSPS) is 27.4. The molecule has 3 amide bonds. The number of benzene rings is 1. The number of ether oxygens (including phenoxy) is 2. The number of pyridine rings is 1. The number of hydrogen-bond acceptors (Lipinski definition) is 10. The SMILES string of the molecule is COc1ccc2c(O[C@@H]3C[C@H]4C(=O)N[C@@]5(C(=O)NS(=O)(=O)C6CC6)C[C@@H]5/C=C\CCCCN(C)C(=O)[C@@H]4C3)cc(-c3nc(C(C)C)cs3)nc2c1C.[HH].[HH]. The summed E-state index contributed by atoms with van der Waals surface area (Å²) < 4.78 is 40.2. The Kier molecular flexibility index (Phi) is 9.83. The molecule has 7 rings (SSSR count). The van der Waals surface area contributed by atoms with Crippen molar-refractivity contribution in [3.8, 4) is 22.2 Å². The molecule has 5 atom stereocenters. The van der Waals surface area contributed by atoms with Gasteiger partial charge in [-0.15, -0.1) is 11.3 Å². The van der Waals surface area contributed by atoms with Gasteiger partial charge in [0.25, 0.3) is 5.91 Å². The molecule has 3 aromatic rings. The summed E-state index contributed by atoms with van der Waals surface area (Å²) in [4.78, 5) is 53.5. The minimum atomic E-state index is -3.83. The van der Waals surface area contributed by atoms with Crippen LogP contribution in [-0.4, -0.2) is 78.6 Å². The van der Waals surface area contributed by atoms with E-state index in [1.807, 2.05) is 42.7 Å². The second kappa shape index (κ2) is 14.1. The van der Waals surface area contributed by atoms with Gasteiger partial charge in [-0.3, -0.25) is 19.1 Å². The first kappa shape index (κ1) is 36.3. The summed E-state index contributed by atoms with van der Waals surface area (Å²) in [5.41, 5.74) is 1.79. The van der Waals surface area contributed by atoms with Crippen LogP contribution >= 0.6 is 11.3 Å². The van der Waals surface area contributed by atoms with Crippen LogP contribution in [0.1, 0.15) is 85.2 Å². The molecular formula is C38H51N5O7S2. The van der Waals surface area contributed by atoms with Crippen LogP contribution in [0.15, 0.2) is 35.7 Å². The highest BCUT2D eigenvalue weighted by Crippen LogP contribution is 2.47. The number of carbonyl (C=O) groups excluding carboxylic acids is 3. The molecule has 12 nitrogen and oxygen atoms in total. The number of rotatable bonds is 8.